The topological polar surface area (TPSA) is 103 Å². The second-order valence-corrected chi connectivity index (χ2v) is 6.90. The van der Waals surface area contributed by atoms with Crippen LogP contribution >= 0.6 is 0 Å². The number of nitrogens with one attached hydrogen (secondary N) is 1. The lowest BCUT2D eigenvalue weighted by molar-refractivity contribution is -0.152. The molecule has 1 heterocycles. The molecule has 0 saturated heterocycles. The third kappa shape index (κ3) is 4.43. The van der Waals surface area contributed by atoms with Crippen LogP contribution in [0.3, 0.4) is 0 Å². The average molecular weight is 409 g/mol. The van der Waals surface area contributed by atoms with Crippen LogP contribution in [0.2, 0.25) is 0 Å². The van der Waals surface area contributed by atoms with E-state index < -0.39 is 18.0 Å². The number of nitrogens with zero attached hydrogens (tertiary/aromatic N) is 2. The molecule has 3 rings (SSSR count). The molecule has 2 N–H and O–H groups in total. The van der Waals surface area contributed by atoms with Crippen molar-refractivity contribution in [1.82, 2.24) is 9.36 Å². The third-order valence-corrected chi connectivity index (χ3v) is 4.76. The van der Waals surface area contributed by atoms with Crippen molar-refractivity contribution in [3.8, 4) is 11.4 Å². The van der Waals surface area contributed by atoms with Crippen LogP contribution in [0.1, 0.15) is 18.2 Å². The number of benzene rings is 2. The fourth-order valence-electron chi connectivity index (χ4n) is 3.01. The Morgan fingerprint density at radius 3 is 2.37 bits per heavy atom. The molecule has 2 aromatic carbocycles. The van der Waals surface area contributed by atoms with Crippen molar-refractivity contribution in [2.75, 3.05) is 5.32 Å². The van der Waals surface area contributed by atoms with Gasteiger partial charge in [-0.1, -0.05) is 30.3 Å². The fraction of sp³-hybridized carbons (Fsp3) is 0.227. The number of carbonyl (C=O) groups is 2. The summed E-state index contributed by atoms with van der Waals surface area (Å²) in [5.41, 5.74) is 1.64. The summed E-state index contributed by atoms with van der Waals surface area (Å²) in [4.78, 5) is 37.5. The van der Waals surface area contributed by atoms with Gasteiger partial charge < -0.3 is 15.2 Å². The Kier molecular flexibility index (Phi) is 6.06. The number of phenolic OH excluding ortho intramolecular Hbond substituents is 1. The predicted octanol–water partition coefficient (Wildman–Crippen LogP) is 2.30. The van der Waals surface area contributed by atoms with Gasteiger partial charge in [0, 0.05) is 7.05 Å². The molecule has 0 saturated carbocycles. The van der Waals surface area contributed by atoms with Crippen LogP contribution in [0.25, 0.3) is 5.69 Å². The highest BCUT2D eigenvalue weighted by molar-refractivity contribution is 5.95. The van der Waals surface area contributed by atoms with Crippen molar-refractivity contribution >= 4 is 17.6 Å². The SMILES string of the molecule is Cc1c(NC(=O)[C@H](C)OC(=O)Cc2ccc(O)cc2)c(=O)n(-c2ccccc2)n1C. The molecule has 1 amide bonds. The second kappa shape index (κ2) is 8.69. The molecule has 30 heavy (non-hydrogen) atoms. The van der Waals surface area contributed by atoms with E-state index in [0.717, 1.165) is 0 Å². The maximum Gasteiger partial charge on any atom is 0.311 e. The van der Waals surface area contributed by atoms with E-state index in [4.69, 9.17) is 4.74 Å². The van der Waals surface area contributed by atoms with Gasteiger partial charge in [-0.25, -0.2) is 4.68 Å². The van der Waals surface area contributed by atoms with Crippen LogP contribution in [0.4, 0.5) is 5.69 Å². The molecule has 0 aliphatic heterocycles. The highest BCUT2D eigenvalue weighted by Crippen LogP contribution is 2.15. The monoisotopic (exact) mass is 409 g/mol. The first-order valence-electron chi connectivity index (χ1n) is 9.40. The first kappa shape index (κ1) is 20.9. The number of anilines is 1. The summed E-state index contributed by atoms with van der Waals surface area (Å²) >= 11 is 0. The minimum atomic E-state index is -1.08. The van der Waals surface area contributed by atoms with E-state index in [-0.39, 0.29) is 23.4 Å². The quantitative estimate of drug-likeness (QED) is 0.608. The highest BCUT2D eigenvalue weighted by Gasteiger charge is 2.23. The van der Waals surface area contributed by atoms with E-state index in [2.05, 4.69) is 5.32 Å². The van der Waals surface area contributed by atoms with Crippen LogP contribution in [0.15, 0.2) is 59.4 Å². The Bertz CT molecular complexity index is 1110. The van der Waals surface area contributed by atoms with Crippen LogP contribution in [0.5, 0.6) is 5.75 Å². The maximum atomic E-state index is 12.9. The number of hydrogen-bond donors (Lipinski definition) is 2. The minimum Gasteiger partial charge on any atom is -0.508 e. The molecular formula is C22H23N3O5. The summed E-state index contributed by atoms with van der Waals surface area (Å²) in [6.07, 6.45) is -1.12. The number of aromatic hydroxyl groups is 1. The van der Waals surface area contributed by atoms with Crippen molar-refractivity contribution in [2.45, 2.75) is 26.4 Å². The largest absolute Gasteiger partial charge is 0.508 e. The summed E-state index contributed by atoms with van der Waals surface area (Å²) in [5.74, 6) is -1.09. The normalized spacial score (nSPS) is 11.7. The zero-order chi connectivity index (χ0) is 21.8. The van der Waals surface area contributed by atoms with Crippen molar-refractivity contribution in [3.63, 3.8) is 0 Å². The molecule has 0 fully saturated rings. The number of esters is 1. The minimum absolute atomic E-state index is 0.0386. The number of phenols is 1. The molecule has 1 aromatic heterocycles. The number of aromatic nitrogens is 2. The van der Waals surface area contributed by atoms with Gasteiger partial charge in [-0.2, -0.15) is 0 Å². The molecule has 156 valence electrons. The predicted molar refractivity (Wildman–Crippen MR) is 112 cm³/mol. The van der Waals surface area contributed by atoms with Gasteiger partial charge in [-0.15, -0.1) is 0 Å². The summed E-state index contributed by atoms with van der Waals surface area (Å²) in [5, 5.41) is 11.9. The number of para-hydroxylation sites is 1. The summed E-state index contributed by atoms with van der Waals surface area (Å²) in [6.45, 7) is 3.16. The van der Waals surface area contributed by atoms with Gasteiger partial charge in [0.15, 0.2) is 6.10 Å². The molecule has 0 aliphatic rings. The Morgan fingerprint density at radius 1 is 1.10 bits per heavy atom. The number of hydrogen-bond acceptors (Lipinski definition) is 5. The molecule has 3 aromatic rings. The smallest absolute Gasteiger partial charge is 0.311 e. The lowest BCUT2D eigenvalue weighted by atomic mass is 10.1. The molecule has 8 heteroatoms. The van der Waals surface area contributed by atoms with Gasteiger partial charge in [0.2, 0.25) is 0 Å². The van der Waals surface area contributed by atoms with E-state index in [1.807, 2.05) is 18.2 Å². The molecule has 8 nitrogen and oxygen atoms in total. The van der Waals surface area contributed by atoms with Crippen molar-refractivity contribution in [2.24, 2.45) is 7.05 Å². The Labute approximate surface area is 173 Å². The van der Waals surface area contributed by atoms with Gasteiger partial charge in [-0.3, -0.25) is 19.1 Å². The summed E-state index contributed by atoms with van der Waals surface area (Å²) in [6, 6.07) is 15.2. The Hall–Kier alpha value is -3.81. The zero-order valence-electron chi connectivity index (χ0n) is 17.0. The second-order valence-electron chi connectivity index (χ2n) is 6.90. The van der Waals surface area contributed by atoms with Gasteiger partial charge in [0.1, 0.15) is 11.4 Å². The van der Waals surface area contributed by atoms with Crippen LogP contribution < -0.4 is 10.9 Å². The van der Waals surface area contributed by atoms with E-state index in [9.17, 15) is 19.5 Å². The van der Waals surface area contributed by atoms with Crippen molar-refractivity contribution in [1.29, 1.82) is 0 Å². The number of ether oxygens (including phenoxy) is 1. The van der Waals surface area contributed by atoms with Crippen LogP contribution in [0, 0.1) is 6.92 Å². The van der Waals surface area contributed by atoms with Gasteiger partial charge in [0.25, 0.3) is 11.5 Å². The third-order valence-electron chi connectivity index (χ3n) is 4.76. The van der Waals surface area contributed by atoms with E-state index in [1.54, 1.807) is 42.9 Å². The standard InChI is InChI=1S/C22H23N3O5/c1-14-20(22(29)25(24(14)3)17-7-5-4-6-8-17)23-21(28)15(2)30-19(27)13-16-9-11-18(26)12-10-16/h4-12,15,26H,13H2,1-3H3,(H,23,28)/t15-/m0/s1. The molecule has 0 aliphatic carbocycles. The first-order chi connectivity index (χ1) is 14.3. The zero-order valence-corrected chi connectivity index (χ0v) is 17.0. The van der Waals surface area contributed by atoms with Gasteiger partial charge >= 0.3 is 5.97 Å². The molecule has 0 radical (unpaired) electrons. The van der Waals surface area contributed by atoms with E-state index in [1.165, 1.54) is 23.7 Å². The Morgan fingerprint density at radius 2 is 1.73 bits per heavy atom. The number of amides is 1. The molecule has 1 atom stereocenters. The van der Waals surface area contributed by atoms with Crippen LogP contribution in [-0.2, 0) is 27.8 Å². The maximum absolute atomic E-state index is 12.9. The van der Waals surface area contributed by atoms with E-state index >= 15 is 0 Å². The average Bonchev–Trinajstić information content (AvgIpc) is 2.93. The molecule has 0 spiro atoms. The molecular weight excluding hydrogens is 386 g/mol. The van der Waals surface area contributed by atoms with E-state index in [0.29, 0.717) is 16.9 Å². The van der Waals surface area contributed by atoms with Gasteiger partial charge in [-0.05, 0) is 43.7 Å². The molecule has 0 bridgehead atoms. The summed E-state index contributed by atoms with van der Waals surface area (Å²) in [7, 11) is 1.72. The van der Waals surface area contributed by atoms with Crippen molar-refractivity contribution in [3.05, 3.63) is 76.2 Å². The summed E-state index contributed by atoms with van der Waals surface area (Å²) < 4.78 is 8.29. The van der Waals surface area contributed by atoms with Gasteiger partial charge in [0.05, 0.1) is 17.8 Å². The van der Waals surface area contributed by atoms with Crippen LogP contribution in [-0.4, -0.2) is 32.5 Å². The first-order valence-corrected chi connectivity index (χ1v) is 9.40. The number of rotatable bonds is 6. The molecule has 0 unspecified atom stereocenters. The number of carbonyl (C=O) groups excluding carboxylic acids is 2. The Balaban J connectivity index is 1.70. The van der Waals surface area contributed by atoms with Crippen molar-refractivity contribution < 1.29 is 19.4 Å². The lowest BCUT2D eigenvalue weighted by Gasteiger charge is -2.13. The lowest BCUT2D eigenvalue weighted by Crippen LogP contribution is -2.32. The highest BCUT2D eigenvalue weighted by atomic mass is 16.5. The fourth-order valence-corrected chi connectivity index (χ4v) is 3.01.